The summed E-state index contributed by atoms with van der Waals surface area (Å²) in [5.74, 6) is -1.29. The lowest BCUT2D eigenvalue weighted by molar-refractivity contribution is -0.275. The Morgan fingerprint density at radius 2 is 0.921 bits per heavy atom. The second-order valence-electron chi connectivity index (χ2n) is 16.5. The molecule has 0 heterocycles. The summed E-state index contributed by atoms with van der Waals surface area (Å²) in [5, 5.41) is 43.6. The standard InChI is InChI=1S/C60H24F6N8O2/c1-71-41-26-39(27-42(28-41)72-2)45(31-69)51-50(36-13-9-6-10-14-36)58(74-4)56-49(38-17-21-44(22-18-38)76-60(64,65)66)54-52(48(53(51)56)37-15-19-43(20-16-37)75-59(61,62)63)46(32-70)47(35-11-7-5-8-12-35)55(54)57(73-3)40-24-33(29-67)23-34(25-40)30-68/h5-28H/b51-45+,57-55-. The zero-order chi connectivity index (χ0) is 54.1. The van der Waals surface area contributed by atoms with E-state index in [9.17, 15) is 47.4 Å². The van der Waals surface area contributed by atoms with Gasteiger partial charge in [0.2, 0.25) is 11.4 Å². The maximum atomic E-state index is 13.8. The molecular weight excluding hydrogens is 979 g/mol. The van der Waals surface area contributed by atoms with Crippen LogP contribution in [0.3, 0.4) is 0 Å². The first-order valence-electron chi connectivity index (χ1n) is 22.1. The highest BCUT2D eigenvalue weighted by Gasteiger charge is 2.44. The van der Waals surface area contributed by atoms with E-state index in [1.54, 1.807) is 60.7 Å². The third-order valence-corrected chi connectivity index (χ3v) is 12.2. The van der Waals surface area contributed by atoms with Crippen molar-refractivity contribution in [2.75, 3.05) is 0 Å². The number of allylic oxidation sites excluding steroid dienone is 6. The Morgan fingerprint density at radius 3 is 1.34 bits per heavy atom. The van der Waals surface area contributed by atoms with Crippen molar-refractivity contribution in [2.24, 2.45) is 0 Å². The summed E-state index contributed by atoms with van der Waals surface area (Å²) in [5.41, 5.74) is 0.318. The molecule has 0 fully saturated rings. The molecule has 76 heavy (non-hydrogen) atoms. The van der Waals surface area contributed by atoms with Crippen molar-refractivity contribution in [3.8, 4) is 58.0 Å². The summed E-state index contributed by atoms with van der Waals surface area (Å²) < 4.78 is 91.1. The molecule has 9 rings (SSSR count). The fourth-order valence-corrected chi connectivity index (χ4v) is 9.49. The summed E-state index contributed by atoms with van der Waals surface area (Å²) in [6, 6.07) is 42.3. The van der Waals surface area contributed by atoms with Crippen molar-refractivity contribution in [1.29, 1.82) is 21.0 Å². The predicted octanol–water partition coefficient (Wildman–Crippen LogP) is 16.1. The van der Waals surface area contributed by atoms with Crippen LogP contribution in [0.5, 0.6) is 11.5 Å². The van der Waals surface area contributed by atoms with Gasteiger partial charge in [0.1, 0.15) is 23.6 Å². The molecule has 10 nitrogen and oxygen atoms in total. The number of alkyl halides is 6. The third kappa shape index (κ3) is 8.98. The molecule has 2 aliphatic rings. The van der Waals surface area contributed by atoms with Gasteiger partial charge in [-0.15, -0.1) is 26.3 Å². The minimum Gasteiger partial charge on any atom is -0.406 e. The lowest BCUT2D eigenvalue weighted by atomic mass is 9.78. The van der Waals surface area contributed by atoms with Gasteiger partial charge in [0, 0.05) is 5.56 Å². The van der Waals surface area contributed by atoms with Crippen LogP contribution in [-0.2, 0) is 0 Å². The van der Waals surface area contributed by atoms with E-state index in [4.69, 9.17) is 26.3 Å². The number of fused-ring (bicyclic) bond motifs is 2. The molecule has 0 saturated heterocycles. The maximum absolute atomic E-state index is 13.8. The van der Waals surface area contributed by atoms with Crippen molar-refractivity contribution < 1.29 is 35.8 Å². The lowest BCUT2D eigenvalue weighted by Crippen LogP contribution is -2.17. The molecule has 0 aromatic heterocycles. The molecule has 0 N–H and O–H groups in total. The van der Waals surface area contributed by atoms with Crippen molar-refractivity contribution in [3.63, 3.8) is 0 Å². The van der Waals surface area contributed by atoms with Gasteiger partial charge in [0.15, 0.2) is 11.4 Å². The van der Waals surface area contributed by atoms with Crippen LogP contribution in [-0.4, -0.2) is 12.7 Å². The number of benzene rings is 7. The quantitative estimate of drug-likeness (QED) is 0.0846. The van der Waals surface area contributed by atoms with E-state index in [0.717, 1.165) is 24.3 Å². The number of halogens is 6. The first kappa shape index (κ1) is 49.6. The van der Waals surface area contributed by atoms with Gasteiger partial charge in [-0.1, -0.05) is 103 Å². The topological polar surface area (TPSA) is 131 Å². The van der Waals surface area contributed by atoms with Crippen molar-refractivity contribution in [1.82, 2.24) is 0 Å². The Morgan fingerprint density at radius 1 is 0.447 bits per heavy atom. The van der Waals surface area contributed by atoms with E-state index in [1.165, 1.54) is 60.7 Å². The van der Waals surface area contributed by atoms with Crippen LogP contribution in [0.15, 0.2) is 146 Å². The molecule has 0 radical (unpaired) electrons. The van der Waals surface area contributed by atoms with E-state index in [-0.39, 0.29) is 123 Å². The Kier molecular flexibility index (Phi) is 12.8. The molecule has 0 unspecified atom stereocenters. The van der Waals surface area contributed by atoms with E-state index < -0.39 is 24.2 Å². The molecule has 0 spiro atoms. The van der Waals surface area contributed by atoms with Crippen LogP contribution < -0.4 is 9.47 Å². The average Bonchev–Trinajstić information content (AvgIpc) is 4.12. The second kappa shape index (κ2) is 19.7. The van der Waals surface area contributed by atoms with Crippen LogP contribution in [0.4, 0.5) is 37.7 Å². The van der Waals surface area contributed by atoms with Gasteiger partial charge < -0.3 is 9.47 Å². The number of hydrogen-bond donors (Lipinski definition) is 0. The number of ether oxygens (including phenoxy) is 2. The number of rotatable bonds is 8. The van der Waals surface area contributed by atoms with E-state index in [1.807, 2.05) is 12.1 Å². The van der Waals surface area contributed by atoms with Crippen molar-refractivity contribution in [3.05, 3.63) is 247 Å². The van der Waals surface area contributed by atoms with Gasteiger partial charge in [-0.3, -0.25) is 0 Å². The van der Waals surface area contributed by atoms with Crippen LogP contribution in [0.25, 0.3) is 86.5 Å². The minimum absolute atomic E-state index is 0.00113. The Bertz CT molecular complexity index is 3800. The van der Waals surface area contributed by atoms with Gasteiger partial charge in [0.05, 0.1) is 60.7 Å². The maximum Gasteiger partial charge on any atom is 0.573 e. The monoisotopic (exact) mass is 1000 g/mol. The highest BCUT2D eigenvalue weighted by molar-refractivity contribution is 6.38. The molecule has 7 aromatic rings. The predicted molar refractivity (Wildman–Crippen MR) is 270 cm³/mol. The minimum atomic E-state index is -5.13. The Balaban J connectivity index is 1.63. The van der Waals surface area contributed by atoms with Gasteiger partial charge in [0.25, 0.3) is 0 Å². The Labute approximate surface area is 429 Å². The van der Waals surface area contributed by atoms with Crippen LogP contribution >= 0.6 is 0 Å². The lowest BCUT2D eigenvalue weighted by Gasteiger charge is -2.25. The smallest absolute Gasteiger partial charge is 0.406 e. The van der Waals surface area contributed by atoms with Gasteiger partial charge >= 0.3 is 12.7 Å². The third-order valence-electron chi connectivity index (χ3n) is 12.2. The molecule has 0 atom stereocenters. The molecule has 0 bridgehead atoms. The van der Waals surface area contributed by atoms with Crippen LogP contribution in [0.1, 0.15) is 55.6 Å². The van der Waals surface area contributed by atoms with Crippen LogP contribution in [0.2, 0.25) is 0 Å². The summed E-state index contributed by atoms with van der Waals surface area (Å²) in [7, 11) is 0. The molecule has 0 saturated carbocycles. The summed E-state index contributed by atoms with van der Waals surface area (Å²) >= 11 is 0. The number of nitrogens with zero attached hydrogens (tertiary/aromatic N) is 8. The Hall–Kier alpha value is -11.4. The van der Waals surface area contributed by atoms with E-state index in [2.05, 4.69) is 41.0 Å². The van der Waals surface area contributed by atoms with Gasteiger partial charge in [-0.05, 0) is 126 Å². The summed E-state index contributed by atoms with van der Waals surface area (Å²) in [6.45, 7) is 33.8. The molecule has 16 heteroatoms. The summed E-state index contributed by atoms with van der Waals surface area (Å²) in [6.07, 6.45) is -10.3. The largest absolute Gasteiger partial charge is 0.573 e. The fraction of sp³-hybridized carbons (Fsp3) is 0.0333. The molecule has 0 amide bonds. The molecule has 7 aromatic carbocycles. The van der Waals surface area contributed by atoms with Gasteiger partial charge in [-0.25, -0.2) is 19.4 Å². The zero-order valence-electron chi connectivity index (χ0n) is 38.5. The van der Waals surface area contributed by atoms with E-state index in [0.29, 0.717) is 11.1 Å². The summed E-state index contributed by atoms with van der Waals surface area (Å²) in [4.78, 5) is 15.2. The van der Waals surface area contributed by atoms with Gasteiger partial charge in [-0.2, -0.15) is 21.0 Å². The number of nitriles is 4. The fourth-order valence-electron chi connectivity index (χ4n) is 9.49. The highest BCUT2D eigenvalue weighted by atomic mass is 19.4. The molecule has 0 aliphatic heterocycles. The first-order chi connectivity index (χ1) is 36.6. The zero-order valence-corrected chi connectivity index (χ0v) is 38.5. The molecular formula is C60H24F6N8O2. The number of hydrogen-bond acceptors (Lipinski definition) is 6. The SMILES string of the molecule is [C-]#[N+]C1=C(c2ccccc2)/C(=C(/C#N)c2cc([N+]#[C-])cc([N+]#[C-])c2)c2c1c(-c1ccc(OC(F)(F)F)cc1)c1c(c2-c2ccc(OC(F)(F)F)cc2)C(C#N)=C(c2ccccc2)/C1=C(/[N+]#[C-])c1cc(C#N)cc(C#N)c1. The first-order valence-corrected chi connectivity index (χ1v) is 22.1. The highest BCUT2D eigenvalue weighted by Crippen LogP contribution is 2.64. The normalized spacial score (nSPS) is 13.8. The molecule has 358 valence electrons. The molecule has 2 aliphatic carbocycles. The van der Waals surface area contributed by atoms with Crippen LogP contribution in [0, 0.1) is 71.6 Å². The van der Waals surface area contributed by atoms with E-state index >= 15 is 0 Å². The van der Waals surface area contributed by atoms with Crippen molar-refractivity contribution >= 4 is 56.2 Å². The average molecular weight is 1000 g/mol. The second-order valence-corrected chi connectivity index (χ2v) is 16.5. The van der Waals surface area contributed by atoms with Crippen molar-refractivity contribution in [2.45, 2.75) is 12.7 Å².